The third-order valence-corrected chi connectivity index (χ3v) is 7.95. The summed E-state index contributed by atoms with van der Waals surface area (Å²) in [5.41, 5.74) is 1.17. The Labute approximate surface area is 181 Å². The molecule has 3 nitrogen and oxygen atoms in total. The summed E-state index contributed by atoms with van der Waals surface area (Å²) in [7, 11) is 2.36. The highest BCUT2D eigenvalue weighted by Gasteiger charge is 2.34. The summed E-state index contributed by atoms with van der Waals surface area (Å²) in [6, 6.07) is 7.40. The molecule has 1 aromatic carbocycles. The molecular weight excluding hydrogens is 389 g/mol. The van der Waals surface area contributed by atoms with Crippen LogP contribution in [-0.2, 0) is 0 Å². The minimum absolute atomic E-state index is 0.495. The van der Waals surface area contributed by atoms with Gasteiger partial charge in [0.25, 0.3) is 0 Å². The van der Waals surface area contributed by atoms with Crippen LogP contribution >= 0.6 is 23.2 Å². The summed E-state index contributed by atoms with van der Waals surface area (Å²) in [5.74, 6) is 0.495. The lowest BCUT2D eigenvalue weighted by Gasteiger charge is -2.44. The summed E-state index contributed by atoms with van der Waals surface area (Å²) in [6.45, 7) is 6.01. The Morgan fingerprint density at radius 2 is 1.54 bits per heavy atom. The second-order valence-corrected chi connectivity index (χ2v) is 9.90. The molecule has 156 valence electrons. The van der Waals surface area contributed by atoms with Gasteiger partial charge in [0.15, 0.2) is 0 Å². The standard InChI is InChI=1S/C23H35Cl2N3/c1-26(21-9-2-3-10-22(21)28-13-4-5-14-28)17-27-15-11-18(12-16-27)23-19(24)7-6-8-20(23)25/h6-8,18,21-22H,2-5,9-17H2,1H3/t21-,22?/m0/s1. The van der Waals surface area contributed by atoms with Gasteiger partial charge >= 0.3 is 0 Å². The van der Waals surface area contributed by atoms with E-state index in [2.05, 4.69) is 21.7 Å². The summed E-state index contributed by atoms with van der Waals surface area (Å²) in [5, 5.41) is 1.66. The van der Waals surface area contributed by atoms with Crippen LogP contribution in [-0.4, -0.2) is 66.7 Å². The van der Waals surface area contributed by atoms with Crippen molar-refractivity contribution in [1.82, 2.24) is 14.7 Å². The van der Waals surface area contributed by atoms with E-state index in [0.29, 0.717) is 5.92 Å². The van der Waals surface area contributed by atoms with E-state index in [9.17, 15) is 0 Å². The Bertz CT molecular complexity index is 618. The van der Waals surface area contributed by atoms with Gasteiger partial charge in [-0.2, -0.15) is 0 Å². The van der Waals surface area contributed by atoms with Crippen LogP contribution in [0.3, 0.4) is 0 Å². The summed E-state index contributed by atoms with van der Waals surface area (Å²) < 4.78 is 0. The largest absolute Gasteiger partial charge is 0.299 e. The molecule has 28 heavy (non-hydrogen) atoms. The number of nitrogens with zero attached hydrogens (tertiary/aromatic N) is 3. The third kappa shape index (κ3) is 4.70. The van der Waals surface area contributed by atoms with Gasteiger partial charge in [-0.25, -0.2) is 0 Å². The fourth-order valence-electron chi connectivity index (χ4n) is 5.79. The van der Waals surface area contributed by atoms with Gasteiger partial charge in [0.1, 0.15) is 0 Å². The number of hydrogen-bond acceptors (Lipinski definition) is 3. The molecule has 0 amide bonds. The monoisotopic (exact) mass is 423 g/mol. The van der Waals surface area contributed by atoms with Crippen molar-refractivity contribution >= 4 is 23.2 Å². The predicted molar refractivity (Wildman–Crippen MR) is 119 cm³/mol. The lowest BCUT2D eigenvalue weighted by atomic mass is 9.88. The minimum atomic E-state index is 0.495. The Hall–Kier alpha value is -0.320. The molecule has 3 aliphatic rings. The van der Waals surface area contributed by atoms with Crippen molar-refractivity contribution in [2.45, 2.75) is 69.4 Å². The fraction of sp³-hybridized carbons (Fsp3) is 0.739. The number of rotatable bonds is 5. The van der Waals surface area contributed by atoms with Crippen molar-refractivity contribution < 1.29 is 0 Å². The van der Waals surface area contributed by atoms with E-state index >= 15 is 0 Å². The maximum absolute atomic E-state index is 6.45. The van der Waals surface area contributed by atoms with Crippen LogP contribution < -0.4 is 0 Å². The van der Waals surface area contributed by atoms with E-state index in [1.165, 1.54) is 57.2 Å². The zero-order chi connectivity index (χ0) is 19.5. The molecule has 0 bridgehead atoms. The number of halogens is 2. The normalized spacial score (nSPS) is 28.3. The first-order chi connectivity index (χ1) is 13.6. The van der Waals surface area contributed by atoms with Gasteiger partial charge in [0.2, 0.25) is 0 Å². The second kappa shape index (κ2) is 9.66. The molecule has 2 saturated heterocycles. The Morgan fingerprint density at radius 3 is 2.21 bits per heavy atom. The van der Waals surface area contributed by atoms with Gasteiger partial charge in [-0.05, 0) is 95.4 Å². The van der Waals surface area contributed by atoms with Crippen molar-refractivity contribution in [3.8, 4) is 0 Å². The van der Waals surface area contributed by atoms with Crippen molar-refractivity contribution in [2.75, 3.05) is 39.9 Å². The van der Waals surface area contributed by atoms with Crippen LogP contribution in [0, 0.1) is 0 Å². The van der Waals surface area contributed by atoms with E-state index < -0.39 is 0 Å². The van der Waals surface area contributed by atoms with Gasteiger partial charge in [-0.15, -0.1) is 0 Å². The SMILES string of the molecule is CN(CN1CCC(c2c(Cl)cccc2Cl)CC1)[C@H]1CCCCC1N1CCCC1. The molecular formula is C23H35Cl2N3. The first-order valence-corrected chi connectivity index (χ1v) is 12.0. The van der Waals surface area contributed by atoms with Crippen molar-refractivity contribution in [3.63, 3.8) is 0 Å². The molecule has 1 aromatic rings. The highest BCUT2D eigenvalue weighted by Crippen LogP contribution is 2.37. The Morgan fingerprint density at radius 1 is 0.893 bits per heavy atom. The molecule has 0 N–H and O–H groups in total. The number of hydrogen-bond donors (Lipinski definition) is 0. The molecule has 1 aliphatic carbocycles. The van der Waals surface area contributed by atoms with Gasteiger partial charge < -0.3 is 0 Å². The number of likely N-dealkylation sites (N-methyl/N-ethyl adjacent to an activating group) is 1. The molecule has 2 aliphatic heterocycles. The molecule has 0 radical (unpaired) electrons. The maximum Gasteiger partial charge on any atom is 0.0506 e. The Balaban J connectivity index is 1.32. The lowest BCUT2D eigenvalue weighted by Crippen LogP contribution is -2.54. The highest BCUT2D eigenvalue weighted by atomic mass is 35.5. The summed E-state index contributed by atoms with van der Waals surface area (Å²) in [6.07, 6.45) is 10.7. The van der Waals surface area contributed by atoms with Crippen LogP contribution in [0.2, 0.25) is 10.0 Å². The average Bonchev–Trinajstić information content (AvgIpc) is 3.24. The van der Waals surface area contributed by atoms with Gasteiger partial charge in [0, 0.05) is 22.1 Å². The number of benzene rings is 1. The first kappa shape index (κ1) is 20.9. The molecule has 0 spiro atoms. The maximum atomic E-state index is 6.45. The Kier molecular flexibility index (Phi) is 7.22. The highest BCUT2D eigenvalue weighted by molar-refractivity contribution is 6.36. The van der Waals surface area contributed by atoms with Crippen LogP contribution in [0.5, 0.6) is 0 Å². The molecule has 0 aromatic heterocycles. The van der Waals surface area contributed by atoms with Gasteiger partial charge in [0.05, 0.1) is 6.67 Å². The topological polar surface area (TPSA) is 9.72 Å². The molecule has 2 heterocycles. The predicted octanol–water partition coefficient (Wildman–Crippen LogP) is 5.47. The quantitative estimate of drug-likeness (QED) is 0.621. The minimum Gasteiger partial charge on any atom is -0.299 e. The number of piperidine rings is 1. The molecule has 4 rings (SSSR count). The molecule has 3 fully saturated rings. The van der Waals surface area contributed by atoms with E-state index in [-0.39, 0.29) is 0 Å². The van der Waals surface area contributed by atoms with E-state index in [4.69, 9.17) is 23.2 Å². The lowest BCUT2D eigenvalue weighted by molar-refractivity contribution is 0.0317. The average molecular weight is 424 g/mol. The fourth-order valence-corrected chi connectivity index (χ4v) is 6.50. The third-order valence-electron chi connectivity index (χ3n) is 7.29. The van der Waals surface area contributed by atoms with Crippen LogP contribution in [0.4, 0.5) is 0 Å². The first-order valence-electron chi connectivity index (χ1n) is 11.2. The molecule has 2 atom stereocenters. The van der Waals surface area contributed by atoms with Gasteiger partial charge in [-0.1, -0.05) is 42.1 Å². The van der Waals surface area contributed by atoms with Crippen LogP contribution in [0.15, 0.2) is 18.2 Å². The second-order valence-electron chi connectivity index (χ2n) is 9.09. The van der Waals surface area contributed by atoms with Crippen LogP contribution in [0.1, 0.15) is 62.8 Å². The number of likely N-dealkylation sites (tertiary alicyclic amines) is 2. The smallest absolute Gasteiger partial charge is 0.0506 e. The van der Waals surface area contributed by atoms with Gasteiger partial charge in [-0.3, -0.25) is 14.7 Å². The van der Waals surface area contributed by atoms with E-state index in [0.717, 1.165) is 54.7 Å². The van der Waals surface area contributed by atoms with Crippen molar-refractivity contribution in [1.29, 1.82) is 0 Å². The molecule has 5 heteroatoms. The van der Waals surface area contributed by atoms with Crippen molar-refractivity contribution in [2.24, 2.45) is 0 Å². The summed E-state index contributed by atoms with van der Waals surface area (Å²) in [4.78, 5) is 8.08. The zero-order valence-corrected chi connectivity index (χ0v) is 18.8. The van der Waals surface area contributed by atoms with Crippen LogP contribution in [0.25, 0.3) is 0 Å². The van der Waals surface area contributed by atoms with E-state index in [1.807, 2.05) is 18.2 Å². The van der Waals surface area contributed by atoms with E-state index in [1.54, 1.807) is 0 Å². The zero-order valence-electron chi connectivity index (χ0n) is 17.3. The molecule has 1 unspecified atom stereocenters. The van der Waals surface area contributed by atoms with Crippen molar-refractivity contribution in [3.05, 3.63) is 33.8 Å². The summed E-state index contributed by atoms with van der Waals surface area (Å²) >= 11 is 12.9. The molecule has 1 saturated carbocycles.